The SMILES string of the molecule is CC(C)CCC(=O)N1CCN(c2nc3c(s2)CN(C)CC3)CC1. The van der Waals surface area contributed by atoms with E-state index in [1.165, 1.54) is 10.6 Å². The predicted octanol–water partition coefficient (Wildman–Crippen LogP) is 2.22. The number of hydrogen-bond acceptors (Lipinski definition) is 5. The first-order chi connectivity index (χ1) is 11.0. The number of nitrogens with zero attached hydrogens (tertiary/aromatic N) is 4. The first kappa shape index (κ1) is 16.7. The van der Waals surface area contributed by atoms with E-state index >= 15 is 0 Å². The molecule has 1 fully saturated rings. The molecule has 0 bridgehead atoms. The second kappa shape index (κ2) is 7.18. The van der Waals surface area contributed by atoms with E-state index in [1.807, 2.05) is 16.2 Å². The maximum atomic E-state index is 12.2. The van der Waals surface area contributed by atoms with Gasteiger partial charge < -0.3 is 14.7 Å². The molecule has 0 aromatic carbocycles. The number of carbonyl (C=O) groups excluding carboxylic acids is 1. The van der Waals surface area contributed by atoms with Crippen LogP contribution in [0.2, 0.25) is 0 Å². The van der Waals surface area contributed by atoms with Gasteiger partial charge in [-0.25, -0.2) is 4.98 Å². The zero-order valence-electron chi connectivity index (χ0n) is 14.5. The molecule has 1 saturated heterocycles. The highest BCUT2D eigenvalue weighted by Gasteiger charge is 2.25. The number of fused-ring (bicyclic) bond motifs is 1. The third kappa shape index (κ3) is 4.04. The average molecular weight is 337 g/mol. The summed E-state index contributed by atoms with van der Waals surface area (Å²) in [6.07, 6.45) is 2.75. The molecular weight excluding hydrogens is 308 g/mol. The van der Waals surface area contributed by atoms with Crippen molar-refractivity contribution in [2.24, 2.45) is 5.92 Å². The van der Waals surface area contributed by atoms with Crippen LogP contribution in [0.25, 0.3) is 0 Å². The molecule has 0 N–H and O–H groups in total. The second-order valence-electron chi connectivity index (χ2n) is 7.15. The standard InChI is InChI=1S/C17H28N4OS/c1-13(2)4-5-16(22)20-8-10-21(11-9-20)17-18-14-6-7-19(3)12-15(14)23-17/h13H,4-12H2,1-3H3. The van der Waals surface area contributed by atoms with Crippen molar-refractivity contribution in [2.75, 3.05) is 44.7 Å². The lowest BCUT2D eigenvalue weighted by molar-refractivity contribution is -0.131. The maximum Gasteiger partial charge on any atom is 0.222 e. The summed E-state index contributed by atoms with van der Waals surface area (Å²) >= 11 is 1.84. The Morgan fingerprint density at radius 2 is 1.96 bits per heavy atom. The molecule has 2 aliphatic rings. The van der Waals surface area contributed by atoms with Crippen molar-refractivity contribution in [1.82, 2.24) is 14.8 Å². The quantitative estimate of drug-likeness (QED) is 0.845. The van der Waals surface area contributed by atoms with Gasteiger partial charge >= 0.3 is 0 Å². The summed E-state index contributed by atoms with van der Waals surface area (Å²) in [4.78, 5) is 25.2. The van der Waals surface area contributed by atoms with Crippen molar-refractivity contribution >= 4 is 22.4 Å². The molecule has 3 heterocycles. The number of aromatic nitrogens is 1. The van der Waals surface area contributed by atoms with Gasteiger partial charge in [-0.1, -0.05) is 13.8 Å². The van der Waals surface area contributed by atoms with Crippen LogP contribution in [0.3, 0.4) is 0 Å². The van der Waals surface area contributed by atoms with Gasteiger partial charge in [-0.15, -0.1) is 11.3 Å². The van der Waals surface area contributed by atoms with Gasteiger partial charge in [0, 0.05) is 57.0 Å². The van der Waals surface area contributed by atoms with Crippen molar-refractivity contribution in [3.8, 4) is 0 Å². The molecule has 1 aromatic heterocycles. The molecule has 5 nitrogen and oxygen atoms in total. The molecule has 1 amide bonds. The van der Waals surface area contributed by atoms with Gasteiger partial charge in [0.2, 0.25) is 5.91 Å². The van der Waals surface area contributed by atoms with Gasteiger partial charge in [0.1, 0.15) is 0 Å². The normalized spacial score (nSPS) is 19.3. The minimum atomic E-state index is 0.318. The van der Waals surface area contributed by atoms with E-state index in [0.29, 0.717) is 18.2 Å². The molecule has 2 aliphatic heterocycles. The molecule has 1 aromatic rings. The summed E-state index contributed by atoms with van der Waals surface area (Å²) in [5.41, 5.74) is 1.29. The fraction of sp³-hybridized carbons (Fsp3) is 0.765. The highest BCUT2D eigenvalue weighted by molar-refractivity contribution is 7.15. The van der Waals surface area contributed by atoms with Crippen LogP contribution in [0.5, 0.6) is 0 Å². The van der Waals surface area contributed by atoms with E-state index < -0.39 is 0 Å². The van der Waals surface area contributed by atoms with Crippen molar-refractivity contribution in [3.63, 3.8) is 0 Å². The molecule has 0 radical (unpaired) electrons. The van der Waals surface area contributed by atoms with Crippen molar-refractivity contribution in [2.45, 2.75) is 39.7 Å². The third-order valence-electron chi connectivity index (χ3n) is 4.75. The monoisotopic (exact) mass is 336 g/mol. The summed E-state index contributed by atoms with van der Waals surface area (Å²) in [6, 6.07) is 0. The molecule has 6 heteroatoms. The molecule has 23 heavy (non-hydrogen) atoms. The van der Waals surface area contributed by atoms with Gasteiger partial charge in [0.25, 0.3) is 0 Å². The molecule has 128 valence electrons. The van der Waals surface area contributed by atoms with Crippen LogP contribution in [0.4, 0.5) is 5.13 Å². The van der Waals surface area contributed by atoms with Crippen LogP contribution in [0, 0.1) is 5.92 Å². The van der Waals surface area contributed by atoms with E-state index in [4.69, 9.17) is 4.98 Å². The van der Waals surface area contributed by atoms with Gasteiger partial charge in [-0.05, 0) is 19.4 Å². The molecule has 3 rings (SSSR count). The number of hydrogen-bond donors (Lipinski definition) is 0. The van der Waals surface area contributed by atoms with E-state index in [0.717, 1.165) is 57.2 Å². The molecule has 0 aliphatic carbocycles. The van der Waals surface area contributed by atoms with Crippen LogP contribution in [-0.2, 0) is 17.8 Å². The van der Waals surface area contributed by atoms with Gasteiger partial charge in [0.05, 0.1) is 5.69 Å². The predicted molar refractivity (Wildman–Crippen MR) is 95.0 cm³/mol. The summed E-state index contributed by atoms with van der Waals surface area (Å²) in [6.45, 7) is 9.97. The lowest BCUT2D eigenvalue weighted by Gasteiger charge is -2.34. The number of likely N-dealkylation sites (N-methyl/N-ethyl adjacent to an activating group) is 1. The number of carbonyl (C=O) groups is 1. The number of amides is 1. The zero-order valence-corrected chi connectivity index (χ0v) is 15.4. The Morgan fingerprint density at radius 3 is 2.65 bits per heavy atom. The first-order valence-corrected chi connectivity index (χ1v) is 9.54. The first-order valence-electron chi connectivity index (χ1n) is 8.72. The summed E-state index contributed by atoms with van der Waals surface area (Å²) in [5.74, 6) is 0.915. The fourth-order valence-electron chi connectivity index (χ4n) is 3.16. The Bertz CT molecular complexity index is 549. The van der Waals surface area contributed by atoms with E-state index in [-0.39, 0.29) is 0 Å². The third-order valence-corrected chi connectivity index (χ3v) is 5.89. The Morgan fingerprint density at radius 1 is 1.22 bits per heavy atom. The van der Waals surface area contributed by atoms with Crippen molar-refractivity contribution in [3.05, 3.63) is 10.6 Å². The van der Waals surface area contributed by atoms with Gasteiger partial charge in [0.15, 0.2) is 5.13 Å². The van der Waals surface area contributed by atoms with Crippen LogP contribution in [0.15, 0.2) is 0 Å². The average Bonchev–Trinajstić information content (AvgIpc) is 2.95. The molecule has 0 spiro atoms. The Kier molecular flexibility index (Phi) is 5.21. The highest BCUT2D eigenvalue weighted by Crippen LogP contribution is 2.30. The Hall–Kier alpha value is -1.14. The fourth-order valence-corrected chi connectivity index (χ4v) is 4.40. The number of rotatable bonds is 4. The largest absolute Gasteiger partial charge is 0.345 e. The van der Waals surface area contributed by atoms with Crippen LogP contribution in [0.1, 0.15) is 37.3 Å². The van der Waals surface area contributed by atoms with E-state index in [1.54, 1.807) is 0 Å². The topological polar surface area (TPSA) is 39.7 Å². The van der Waals surface area contributed by atoms with Crippen molar-refractivity contribution < 1.29 is 4.79 Å². The lowest BCUT2D eigenvalue weighted by atomic mass is 10.1. The lowest BCUT2D eigenvalue weighted by Crippen LogP contribution is -2.48. The van der Waals surface area contributed by atoms with E-state index in [9.17, 15) is 4.79 Å². The summed E-state index contributed by atoms with van der Waals surface area (Å²) in [5, 5.41) is 1.15. The maximum absolute atomic E-state index is 12.2. The summed E-state index contributed by atoms with van der Waals surface area (Å²) in [7, 11) is 2.17. The number of thiazole rings is 1. The molecule has 0 unspecified atom stereocenters. The molecular formula is C17H28N4OS. The smallest absolute Gasteiger partial charge is 0.222 e. The van der Waals surface area contributed by atoms with E-state index in [2.05, 4.69) is 30.7 Å². The van der Waals surface area contributed by atoms with Crippen LogP contribution >= 0.6 is 11.3 Å². The minimum Gasteiger partial charge on any atom is -0.345 e. The number of piperazine rings is 1. The Labute approximate surface area is 143 Å². The highest BCUT2D eigenvalue weighted by atomic mass is 32.1. The second-order valence-corrected chi connectivity index (χ2v) is 8.22. The molecule has 0 atom stereocenters. The minimum absolute atomic E-state index is 0.318. The number of anilines is 1. The van der Waals surface area contributed by atoms with Gasteiger partial charge in [-0.3, -0.25) is 4.79 Å². The van der Waals surface area contributed by atoms with Gasteiger partial charge in [-0.2, -0.15) is 0 Å². The van der Waals surface area contributed by atoms with Crippen molar-refractivity contribution in [1.29, 1.82) is 0 Å². The zero-order chi connectivity index (χ0) is 16.4. The van der Waals surface area contributed by atoms with Crippen LogP contribution < -0.4 is 4.90 Å². The molecule has 0 saturated carbocycles. The van der Waals surface area contributed by atoms with Crippen LogP contribution in [-0.4, -0.2) is 60.5 Å². The Balaban J connectivity index is 1.54. The summed E-state index contributed by atoms with van der Waals surface area (Å²) < 4.78 is 0.